The second-order valence-electron chi connectivity index (χ2n) is 5.95. The van der Waals surface area contributed by atoms with Crippen LogP contribution in [0.3, 0.4) is 0 Å². The number of anilines is 1. The summed E-state index contributed by atoms with van der Waals surface area (Å²) in [5, 5.41) is 6.98. The maximum absolute atomic E-state index is 12.8. The smallest absolute Gasteiger partial charge is 0.227 e. The molecule has 0 aromatic carbocycles. The van der Waals surface area contributed by atoms with Crippen LogP contribution in [0.5, 0.6) is 0 Å². The quantitative estimate of drug-likeness (QED) is 0.939. The Hall–Kier alpha value is -2.37. The van der Waals surface area contributed by atoms with Crippen LogP contribution in [0.4, 0.5) is 5.82 Å². The monoisotopic (exact) mass is 314 g/mol. The second-order valence-corrected chi connectivity index (χ2v) is 5.95. The van der Waals surface area contributed by atoms with Crippen molar-refractivity contribution < 1.29 is 9.32 Å². The highest BCUT2D eigenvalue weighted by atomic mass is 16.5. The van der Waals surface area contributed by atoms with Crippen molar-refractivity contribution in [1.82, 2.24) is 15.0 Å². The Bertz CT molecular complexity index is 691. The largest absolute Gasteiger partial charge is 0.373 e. The number of amides is 1. The Morgan fingerprint density at radius 3 is 3.00 bits per heavy atom. The van der Waals surface area contributed by atoms with Crippen molar-refractivity contribution in [3.8, 4) is 0 Å². The Balaban J connectivity index is 1.79. The van der Waals surface area contributed by atoms with Crippen LogP contribution in [-0.4, -0.2) is 34.5 Å². The molecule has 0 bridgehead atoms. The minimum absolute atomic E-state index is 0.123. The molecular weight excluding hydrogens is 292 g/mol. The fourth-order valence-electron chi connectivity index (χ4n) is 3.21. The SMILES string of the molecule is CNc1cc([C@H]2CCCN2C(=O)Cc2c(C)noc2C)ccn1. The first-order chi connectivity index (χ1) is 11.1. The van der Waals surface area contributed by atoms with Gasteiger partial charge in [-0.2, -0.15) is 0 Å². The lowest BCUT2D eigenvalue weighted by Gasteiger charge is -2.25. The highest BCUT2D eigenvalue weighted by Crippen LogP contribution is 2.33. The highest BCUT2D eigenvalue weighted by molar-refractivity contribution is 5.80. The molecule has 23 heavy (non-hydrogen) atoms. The Labute approximate surface area is 135 Å². The normalized spacial score (nSPS) is 17.5. The van der Waals surface area contributed by atoms with Gasteiger partial charge in [-0.15, -0.1) is 0 Å². The average Bonchev–Trinajstić information content (AvgIpc) is 3.17. The molecule has 1 atom stereocenters. The van der Waals surface area contributed by atoms with E-state index in [2.05, 4.69) is 15.5 Å². The van der Waals surface area contributed by atoms with Gasteiger partial charge >= 0.3 is 0 Å². The van der Waals surface area contributed by atoms with Gasteiger partial charge in [0.05, 0.1) is 18.2 Å². The number of rotatable bonds is 4. The zero-order valence-corrected chi connectivity index (χ0v) is 13.8. The molecule has 1 fully saturated rings. The van der Waals surface area contributed by atoms with Gasteiger partial charge in [0.15, 0.2) is 0 Å². The molecule has 0 unspecified atom stereocenters. The predicted octanol–water partition coefficient (Wildman–Crippen LogP) is 2.63. The first-order valence-corrected chi connectivity index (χ1v) is 7.95. The molecule has 3 heterocycles. The first-order valence-electron chi connectivity index (χ1n) is 7.95. The maximum atomic E-state index is 12.8. The van der Waals surface area contributed by atoms with E-state index in [4.69, 9.17) is 4.52 Å². The Morgan fingerprint density at radius 2 is 2.30 bits per heavy atom. The molecule has 3 rings (SSSR count). The van der Waals surface area contributed by atoms with Gasteiger partial charge in [-0.1, -0.05) is 5.16 Å². The number of aryl methyl sites for hydroxylation is 2. The van der Waals surface area contributed by atoms with E-state index < -0.39 is 0 Å². The minimum atomic E-state index is 0.123. The zero-order valence-electron chi connectivity index (χ0n) is 13.8. The molecule has 6 nitrogen and oxygen atoms in total. The number of pyridine rings is 1. The van der Waals surface area contributed by atoms with Crippen molar-refractivity contribution >= 4 is 11.7 Å². The molecule has 1 N–H and O–H groups in total. The van der Waals surface area contributed by atoms with Gasteiger partial charge in [0.2, 0.25) is 5.91 Å². The van der Waals surface area contributed by atoms with Crippen molar-refractivity contribution in [2.24, 2.45) is 0 Å². The molecule has 1 aliphatic rings. The summed E-state index contributed by atoms with van der Waals surface area (Å²) in [6, 6.07) is 4.14. The van der Waals surface area contributed by atoms with Crippen LogP contribution in [0, 0.1) is 13.8 Å². The summed E-state index contributed by atoms with van der Waals surface area (Å²) in [5.41, 5.74) is 2.84. The maximum Gasteiger partial charge on any atom is 0.227 e. The highest BCUT2D eigenvalue weighted by Gasteiger charge is 2.31. The molecule has 0 aliphatic carbocycles. The molecule has 2 aromatic heterocycles. The number of nitrogens with one attached hydrogen (secondary N) is 1. The number of hydrogen-bond acceptors (Lipinski definition) is 5. The number of hydrogen-bond donors (Lipinski definition) is 1. The summed E-state index contributed by atoms with van der Waals surface area (Å²) in [6.07, 6.45) is 4.15. The molecule has 0 saturated carbocycles. The molecule has 1 saturated heterocycles. The number of carbonyl (C=O) groups is 1. The molecule has 2 aromatic rings. The van der Waals surface area contributed by atoms with Crippen molar-refractivity contribution in [2.75, 3.05) is 18.9 Å². The van der Waals surface area contributed by atoms with Crippen LogP contribution in [0.2, 0.25) is 0 Å². The zero-order chi connectivity index (χ0) is 16.4. The summed E-state index contributed by atoms with van der Waals surface area (Å²) in [4.78, 5) is 19.0. The van der Waals surface area contributed by atoms with Crippen LogP contribution < -0.4 is 5.32 Å². The van der Waals surface area contributed by atoms with Gasteiger partial charge in [-0.25, -0.2) is 4.98 Å². The van der Waals surface area contributed by atoms with E-state index in [1.165, 1.54) is 0 Å². The Morgan fingerprint density at radius 1 is 1.48 bits per heavy atom. The number of carbonyl (C=O) groups excluding carboxylic acids is 1. The van der Waals surface area contributed by atoms with Gasteiger partial charge in [0.25, 0.3) is 0 Å². The summed E-state index contributed by atoms with van der Waals surface area (Å²) in [7, 11) is 1.85. The molecule has 6 heteroatoms. The third-order valence-electron chi connectivity index (χ3n) is 4.51. The molecule has 1 amide bonds. The lowest BCUT2D eigenvalue weighted by atomic mass is 10.0. The average molecular weight is 314 g/mol. The summed E-state index contributed by atoms with van der Waals surface area (Å²) in [6.45, 7) is 4.53. The first kappa shape index (κ1) is 15.5. The molecule has 0 radical (unpaired) electrons. The number of aromatic nitrogens is 2. The molecule has 122 valence electrons. The van der Waals surface area contributed by atoms with Crippen molar-refractivity contribution in [2.45, 2.75) is 39.2 Å². The summed E-state index contributed by atoms with van der Waals surface area (Å²) in [5.74, 6) is 1.69. The Kier molecular flexibility index (Phi) is 4.32. The third-order valence-corrected chi connectivity index (χ3v) is 4.51. The van der Waals surface area contributed by atoms with Crippen molar-refractivity contribution in [1.29, 1.82) is 0 Å². The number of likely N-dealkylation sites (tertiary alicyclic amines) is 1. The van der Waals surface area contributed by atoms with Gasteiger partial charge in [0, 0.05) is 25.4 Å². The van der Waals surface area contributed by atoms with E-state index in [0.717, 1.165) is 47.8 Å². The lowest BCUT2D eigenvalue weighted by molar-refractivity contribution is -0.131. The summed E-state index contributed by atoms with van der Waals surface area (Å²) < 4.78 is 5.16. The summed E-state index contributed by atoms with van der Waals surface area (Å²) >= 11 is 0. The molecular formula is C17H22N4O2. The van der Waals surface area contributed by atoms with Gasteiger partial charge in [-0.3, -0.25) is 4.79 Å². The molecule has 0 spiro atoms. The second kappa shape index (κ2) is 6.40. The third kappa shape index (κ3) is 3.06. The number of nitrogens with zero attached hydrogens (tertiary/aromatic N) is 3. The van der Waals surface area contributed by atoms with E-state index in [9.17, 15) is 4.79 Å². The van der Waals surface area contributed by atoms with Gasteiger partial charge in [0.1, 0.15) is 11.6 Å². The van der Waals surface area contributed by atoms with Gasteiger partial charge < -0.3 is 14.7 Å². The van der Waals surface area contributed by atoms with Crippen molar-refractivity contribution in [3.63, 3.8) is 0 Å². The van der Waals surface area contributed by atoms with Crippen LogP contribution >= 0.6 is 0 Å². The topological polar surface area (TPSA) is 71.3 Å². The van der Waals surface area contributed by atoms with E-state index in [-0.39, 0.29) is 11.9 Å². The van der Waals surface area contributed by atoms with Crippen molar-refractivity contribution in [3.05, 3.63) is 40.9 Å². The fourth-order valence-corrected chi connectivity index (χ4v) is 3.21. The van der Waals surface area contributed by atoms with Crippen LogP contribution in [0.25, 0.3) is 0 Å². The minimum Gasteiger partial charge on any atom is -0.373 e. The van der Waals surface area contributed by atoms with Crippen LogP contribution in [0.15, 0.2) is 22.9 Å². The fraction of sp³-hybridized carbons (Fsp3) is 0.471. The van der Waals surface area contributed by atoms with Crippen LogP contribution in [-0.2, 0) is 11.2 Å². The van der Waals surface area contributed by atoms with E-state index in [0.29, 0.717) is 6.42 Å². The van der Waals surface area contributed by atoms with E-state index in [1.54, 1.807) is 6.20 Å². The predicted molar refractivity (Wildman–Crippen MR) is 87.2 cm³/mol. The lowest BCUT2D eigenvalue weighted by Crippen LogP contribution is -2.32. The molecule has 1 aliphatic heterocycles. The van der Waals surface area contributed by atoms with Gasteiger partial charge in [-0.05, 0) is 44.4 Å². The van der Waals surface area contributed by atoms with Crippen LogP contribution in [0.1, 0.15) is 41.5 Å². The standard InChI is InChI=1S/C17H22N4O2/c1-11-14(12(2)23-20-11)10-17(22)21-8-4-5-15(21)13-6-7-19-16(9-13)18-3/h6-7,9,15H,4-5,8,10H2,1-3H3,(H,18,19)/t15-/m1/s1. The van der Waals surface area contributed by atoms with E-state index in [1.807, 2.05) is 37.9 Å². The van der Waals surface area contributed by atoms with E-state index >= 15 is 0 Å².